The van der Waals surface area contributed by atoms with E-state index in [1.54, 1.807) is 24.4 Å². The summed E-state index contributed by atoms with van der Waals surface area (Å²) in [6.07, 6.45) is 1.64. The molecule has 27 heavy (non-hydrogen) atoms. The van der Waals surface area contributed by atoms with Crippen LogP contribution in [0.3, 0.4) is 0 Å². The molecule has 0 unspecified atom stereocenters. The molecule has 0 saturated heterocycles. The van der Waals surface area contributed by atoms with Crippen molar-refractivity contribution in [2.45, 2.75) is 13.8 Å². The van der Waals surface area contributed by atoms with E-state index >= 15 is 0 Å². The van der Waals surface area contributed by atoms with Crippen LogP contribution in [0.2, 0.25) is 0 Å². The van der Waals surface area contributed by atoms with E-state index in [0.717, 1.165) is 22.4 Å². The first kappa shape index (κ1) is 16.8. The smallest absolute Gasteiger partial charge is 0.345 e. The average Bonchev–Trinajstić information content (AvgIpc) is 2.62. The number of nitrogens with one attached hydrogen (secondary N) is 1. The molecule has 0 aliphatic carbocycles. The number of rotatable bonds is 3. The van der Waals surface area contributed by atoms with Gasteiger partial charge >= 0.3 is 5.63 Å². The number of fused-ring (bicyclic) bond motifs is 1. The fourth-order valence-corrected chi connectivity index (χ4v) is 3.13. The molecular formula is C21H18N4O2. The number of aromatic nitrogens is 2. The van der Waals surface area contributed by atoms with Gasteiger partial charge in [-0.05, 0) is 54.8 Å². The van der Waals surface area contributed by atoms with E-state index in [2.05, 4.69) is 15.3 Å². The van der Waals surface area contributed by atoms with E-state index in [0.29, 0.717) is 22.6 Å². The molecule has 2 heterocycles. The topological polar surface area (TPSA) is 94.0 Å². The first-order valence-electron chi connectivity index (χ1n) is 8.51. The van der Waals surface area contributed by atoms with Crippen LogP contribution in [0.15, 0.2) is 63.9 Å². The lowest BCUT2D eigenvalue weighted by Crippen LogP contribution is -2.06. The third-order valence-electron chi connectivity index (χ3n) is 4.38. The fraction of sp³-hybridized carbons (Fsp3) is 0.0952. The molecule has 134 valence electrons. The van der Waals surface area contributed by atoms with Gasteiger partial charge in [0.1, 0.15) is 0 Å². The Morgan fingerprint density at radius 1 is 1.04 bits per heavy atom. The van der Waals surface area contributed by atoms with Gasteiger partial charge in [-0.2, -0.15) is 4.98 Å². The van der Waals surface area contributed by atoms with Gasteiger partial charge in [-0.15, -0.1) is 0 Å². The number of hydrogen-bond donors (Lipinski definition) is 2. The molecule has 0 bridgehead atoms. The highest BCUT2D eigenvalue weighted by Gasteiger charge is 2.13. The summed E-state index contributed by atoms with van der Waals surface area (Å²) >= 11 is 0. The van der Waals surface area contributed by atoms with Gasteiger partial charge in [-0.25, -0.2) is 9.78 Å². The van der Waals surface area contributed by atoms with Crippen LogP contribution in [-0.2, 0) is 0 Å². The van der Waals surface area contributed by atoms with Crippen molar-refractivity contribution in [1.29, 1.82) is 0 Å². The zero-order chi connectivity index (χ0) is 19.0. The van der Waals surface area contributed by atoms with Gasteiger partial charge in [0.15, 0.2) is 0 Å². The Kier molecular flexibility index (Phi) is 4.08. The van der Waals surface area contributed by atoms with Crippen molar-refractivity contribution in [1.82, 2.24) is 9.97 Å². The number of nitrogens with zero attached hydrogens (tertiary/aromatic N) is 2. The van der Waals surface area contributed by atoms with Gasteiger partial charge in [-0.1, -0.05) is 24.3 Å². The van der Waals surface area contributed by atoms with Crippen LogP contribution in [0, 0.1) is 13.8 Å². The number of anilines is 3. The maximum Gasteiger partial charge on any atom is 0.345 e. The Labute approximate surface area is 155 Å². The molecule has 0 fully saturated rings. The molecular weight excluding hydrogens is 340 g/mol. The summed E-state index contributed by atoms with van der Waals surface area (Å²) in [5.41, 5.74) is 10.4. The summed E-state index contributed by atoms with van der Waals surface area (Å²) < 4.78 is 5.49. The number of nitrogens with two attached hydrogens (primary N) is 1. The van der Waals surface area contributed by atoms with Crippen molar-refractivity contribution in [3.8, 4) is 11.1 Å². The van der Waals surface area contributed by atoms with Gasteiger partial charge in [0.05, 0.1) is 10.9 Å². The number of hydrogen-bond acceptors (Lipinski definition) is 6. The van der Waals surface area contributed by atoms with Gasteiger partial charge in [0.25, 0.3) is 0 Å². The molecule has 4 aromatic rings. The van der Waals surface area contributed by atoms with E-state index in [4.69, 9.17) is 10.2 Å². The molecule has 6 heteroatoms. The number of aryl methyl sites for hydroxylation is 2. The van der Waals surface area contributed by atoms with Crippen LogP contribution in [0.25, 0.3) is 22.2 Å². The van der Waals surface area contributed by atoms with Crippen LogP contribution >= 0.6 is 0 Å². The normalized spacial score (nSPS) is 10.9. The lowest BCUT2D eigenvalue weighted by molar-refractivity contribution is 0.551. The maximum atomic E-state index is 12.6. The van der Waals surface area contributed by atoms with E-state index < -0.39 is 5.63 Å². The highest BCUT2D eigenvalue weighted by Crippen LogP contribution is 2.27. The predicted octanol–water partition coefficient (Wildman–Crippen LogP) is 4.19. The molecule has 0 amide bonds. The quantitative estimate of drug-likeness (QED) is 0.533. The molecule has 0 aliphatic rings. The largest absolute Gasteiger partial charge is 0.403 e. The zero-order valence-corrected chi connectivity index (χ0v) is 15.0. The summed E-state index contributed by atoms with van der Waals surface area (Å²) in [5, 5.41) is 3.71. The average molecular weight is 358 g/mol. The van der Waals surface area contributed by atoms with Crippen molar-refractivity contribution < 1.29 is 4.42 Å². The minimum Gasteiger partial charge on any atom is -0.403 e. The highest BCUT2D eigenvalue weighted by atomic mass is 16.4. The minimum atomic E-state index is -0.423. The monoisotopic (exact) mass is 358 g/mol. The first-order valence-corrected chi connectivity index (χ1v) is 8.51. The molecule has 0 spiro atoms. The fourth-order valence-electron chi connectivity index (χ4n) is 3.13. The Morgan fingerprint density at radius 3 is 2.52 bits per heavy atom. The summed E-state index contributed by atoms with van der Waals surface area (Å²) in [4.78, 5) is 21.2. The zero-order valence-electron chi connectivity index (χ0n) is 15.0. The van der Waals surface area contributed by atoms with E-state index in [1.165, 1.54) is 0 Å². The second kappa shape index (κ2) is 6.57. The number of benzene rings is 2. The van der Waals surface area contributed by atoms with Crippen LogP contribution in [-0.4, -0.2) is 9.97 Å². The standard InChI is InChI=1S/C21H18N4O2/c1-12-5-3-6-13(2)18(12)17-9-14-11-23-21(25-19(14)27-20(17)26)24-16-8-4-7-15(22)10-16/h3-11H,22H2,1-2H3,(H,23,24,25). The molecule has 0 radical (unpaired) electrons. The third-order valence-corrected chi connectivity index (χ3v) is 4.38. The molecule has 4 rings (SSSR count). The van der Waals surface area contributed by atoms with Crippen LogP contribution < -0.4 is 16.7 Å². The maximum absolute atomic E-state index is 12.6. The second-order valence-corrected chi connectivity index (χ2v) is 6.42. The van der Waals surface area contributed by atoms with Crippen molar-refractivity contribution in [2.24, 2.45) is 0 Å². The van der Waals surface area contributed by atoms with E-state index in [1.807, 2.05) is 44.2 Å². The SMILES string of the molecule is Cc1cccc(C)c1-c1cc2cnc(Nc3cccc(N)c3)nc2oc1=O. The second-order valence-electron chi connectivity index (χ2n) is 6.42. The Balaban J connectivity index is 1.77. The summed E-state index contributed by atoms with van der Waals surface area (Å²) in [6, 6.07) is 14.9. The highest BCUT2D eigenvalue weighted by molar-refractivity contribution is 5.81. The Morgan fingerprint density at radius 2 is 1.78 bits per heavy atom. The summed E-state index contributed by atoms with van der Waals surface area (Å²) in [6.45, 7) is 3.95. The van der Waals surface area contributed by atoms with E-state index in [9.17, 15) is 4.79 Å². The molecule has 2 aromatic heterocycles. The molecule has 0 saturated carbocycles. The first-order chi connectivity index (χ1) is 13.0. The van der Waals surface area contributed by atoms with Crippen molar-refractivity contribution in [2.75, 3.05) is 11.1 Å². The van der Waals surface area contributed by atoms with Gasteiger partial charge in [0.2, 0.25) is 11.7 Å². The van der Waals surface area contributed by atoms with Crippen LogP contribution in [0.5, 0.6) is 0 Å². The van der Waals surface area contributed by atoms with Gasteiger partial charge in [-0.3, -0.25) is 0 Å². The lowest BCUT2D eigenvalue weighted by Gasteiger charge is -2.10. The third kappa shape index (κ3) is 3.25. The lowest BCUT2D eigenvalue weighted by atomic mass is 9.97. The minimum absolute atomic E-state index is 0.233. The Bertz CT molecular complexity index is 1190. The van der Waals surface area contributed by atoms with Crippen molar-refractivity contribution in [3.05, 3.63) is 76.3 Å². The van der Waals surface area contributed by atoms with Crippen LogP contribution in [0.1, 0.15) is 11.1 Å². The molecule has 2 aromatic carbocycles. The van der Waals surface area contributed by atoms with Gasteiger partial charge < -0.3 is 15.5 Å². The summed E-state index contributed by atoms with van der Waals surface area (Å²) in [7, 11) is 0. The number of nitrogen functional groups attached to an aromatic ring is 1. The van der Waals surface area contributed by atoms with Gasteiger partial charge in [0, 0.05) is 17.6 Å². The van der Waals surface area contributed by atoms with Crippen LogP contribution in [0.4, 0.5) is 17.3 Å². The van der Waals surface area contributed by atoms with Crippen molar-refractivity contribution in [3.63, 3.8) is 0 Å². The predicted molar refractivity (Wildman–Crippen MR) is 107 cm³/mol. The molecule has 0 atom stereocenters. The molecule has 6 nitrogen and oxygen atoms in total. The molecule has 0 aliphatic heterocycles. The van der Waals surface area contributed by atoms with E-state index in [-0.39, 0.29) is 5.71 Å². The Hall–Kier alpha value is -3.67. The summed E-state index contributed by atoms with van der Waals surface area (Å²) in [5.74, 6) is 0.330. The van der Waals surface area contributed by atoms with Crippen molar-refractivity contribution >= 4 is 28.4 Å². The molecule has 3 N–H and O–H groups in total.